The minimum Gasteiger partial charge on any atom is -0.489 e. The van der Waals surface area contributed by atoms with Gasteiger partial charge in [0.25, 0.3) is 0 Å². The van der Waals surface area contributed by atoms with Gasteiger partial charge in [0, 0.05) is 12.0 Å². The van der Waals surface area contributed by atoms with E-state index in [4.69, 9.17) is 27.9 Å². The van der Waals surface area contributed by atoms with Crippen molar-refractivity contribution >= 4 is 29.5 Å². The van der Waals surface area contributed by atoms with Crippen LogP contribution in [0, 0.1) is 0 Å². The van der Waals surface area contributed by atoms with Crippen LogP contribution in [0.3, 0.4) is 0 Å². The molecule has 1 aromatic carbocycles. The molecule has 0 N–H and O–H groups in total. The van der Waals surface area contributed by atoms with Gasteiger partial charge < -0.3 is 9.53 Å². The molecule has 0 bridgehead atoms. The Morgan fingerprint density at radius 1 is 1.40 bits per heavy atom. The summed E-state index contributed by atoms with van der Waals surface area (Å²) in [4.78, 5) is 10.5. The number of hydrogen-bond acceptors (Lipinski definition) is 2. The van der Waals surface area contributed by atoms with E-state index >= 15 is 0 Å². The molecule has 0 saturated heterocycles. The van der Waals surface area contributed by atoms with E-state index < -0.39 is 0 Å². The van der Waals surface area contributed by atoms with E-state index in [0.717, 1.165) is 6.29 Å². The fourth-order valence-corrected chi connectivity index (χ4v) is 1.54. The van der Waals surface area contributed by atoms with E-state index in [0.29, 0.717) is 28.0 Å². The van der Waals surface area contributed by atoms with Crippen LogP contribution in [0.5, 0.6) is 5.75 Å². The first-order valence-electron chi connectivity index (χ1n) is 4.35. The standard InChI is InChI=1S/C11H10Cl2O2/c1-2-7-15-10-4-3-9(12)11(13)8(10)5-6-14/h2-4,6H,1,5,7H2. The summed E-state index contributed by atoms with van der Waals surface area (Å²) in [6.45, 7) is 3.90. The quantitative estimate of drug-likeness (QED) is 0.587. The predicted molar refractivity (Wildman–Crippen MR) is 61.9 cm³/mol. The van der Waals surface area contributed by atoms with Crippen molar-refractivity contribution in [3.8, 4) is 5.75 Å². The predicted octanol–water partition coefficient (Wildman–Crippen LogP) is 3.30. The molecule has 0 heterocycles. The van der Waals surface area contributed by atoms with E-state index in [-0.39, 0.29) is 6.42 Å². The maximum Gasteiger partial charge on any atom is 0.125 e. The van der Waals surface area contributed by atoms with Gasteiger partial charge in [-0.2, -0.15) is 0 Å². The molecule has 0 fully saturated rings. The van der Waals surface area contributed by atoms with Gasteiger partial charge in [0.15, 0.2) is 0 Å². The molecule has 80 valence electrons. The summed E-state index contributed by atoms with van der Waals surface area (Å²) in [5.41, 5.74) is 0.612. The van der Waals surface area contributed by atoms with Gasteiger partial charge in [-0.1, -0.05) is 35.9 Å². The molecule has 4 heteroatoms. The van der Waals surface area contributed by atoms with Gasteiger partial charge in [-0.25, -0.2) is 0 Å². The largest absolute Gasteiger partial charge is 0.489 e. The SMILES string of the molecule is C=CCOc1ccc(Cl)c(Cl)c1CC=O. The van der Waals surface area contributed by atoms with Crippen molar-refractivity contribution in [2.24, 2.45) is 0 Å². The molecule has 0 aromatic heterocycles. The lowest BCUT2D eigenvalue weighted by molar-refractivity contribution is -0.107. The van der Waals surface area contributed by atoms with Crippen LogP contribution in [0.15, 0.2) is 24.8 Å². The van der Waals surface area contributed by atoms with Crippen molar-refractivity contribution in [2.45, 2.75) is 6.42 Å². The molecule has 0 unspecified atom stereocenters. The fourth-order valence-electron chi connectivity index (χ4n) is 1.13. The van der Waals surface area contributed by atoms with Gasteiger partial charge in [-0.15, -0.1) is 0 Å². The molecule has 0 amide bonds. The second-order valence-corrected chi connectivity index (χ2v) is 3.59. The third kappa shape index (κ3) is 2.98. The van der Waals surface area contributed by atoms with Crippen LogP contribution in [0.4, 0.5) is 0 Å². The minimum atomic E-state index is 0.186. The average molecular weight is 245 g/mol. The van der Waals surface area contributed by atoms with Gasteiger partial charge in [-0.3, -0.25) is 0 Å². The number of ether oxygens (including phenoxy) is 1. The highest BCUT2D eigenvalue weighted by Gasteiger charge is 2.11. The Kier molecular flexibility index (Phi) is 4.66. The summed E-state index contributed by atoms with van der Waals surface area (Å²) in [5, 5.41) is 0.782. The molecule has 2 nitrogen and oxygen atoms in total. The van der Waals surface area contributed by atoms with Gasteiger partial charge in [-0.05, 0) is 12.1 Å². The van der Waals surface area contributed by atoms with Gasteiger partial charge in [0.1, 0.15) is 18.6 Å². The lowest BCUT2D eigenvalue weighted by Gasteiger charge is -2.10. The second kappa shape index (κ2) is 5.79. The highest BCUT2D eigenvalue weighted by molar-refractivity contribution is 6.42. The normalized spacial score (nSPS) is 9.73. The summed E-state index contributed by atoms with van der Waals surface area (Å²) >= 11 is 11.8. The number of hydrogen-bond donors (Lipinski definition) is 0. The Balaban J connectivity index is 3.07. The number of benzene rings is 1. The van der Waals surface area contributed by atoms with Crippen molar-refractivity contribution in [2.75, 3.05) is 6.61 Å². The summed E-state index contributed by atoms with van der Waals surface area (Å²) in [6.07, 6.45) is 2.57. The highest BCUT2D eigenvalue weighted by atomic mass is 35.5. The number of rotatable bonds is 5. The molecule has 0 radical (unpaired) electrons. The van der Waals surface area contributed by atoms with Crippen molar-refractivity contribution in [1.29, 1.82) is 0 Å². The van der Waals surface area contributed by atoms with E-state index in [1.165, 1.54) is 0 Å². The Morgan fingerprint density at radius 3 is 2.73 bits per heavy atom. The van der Waals surface area contributed by atoms with E-state index in [1.54, 1.807) is 18.2 Å². The van der Waals surface area contributed by atoms with Crippen LogP contribution in [0.25, 0.3) is 0 Å². The molecule has 15 heavy (non-hydrogen) atoms. The summed E-state index contributed by atoms with van der Waals surface area (Å²) in [7, 11) is 0. The molecular formula is C11H10Cl2O2. The lowest BCUT2D eigenvalue weighted by Crippen LogP contribution is -1.99. The molecule has 1 aromatic rings. The van der Waals surface area contributed by atoms with Crippen LogP contribution < -0.4 is 4.74 Å². The third-order valence-corrected chi connectivity index (χ3v) is 2.64. The Morgan fingerprint density at radius 2 is 2.13 bits per heavy atom. The zero-order valence-electron chi connectivity index (χ0n) is 8.00. The van der Waals surface area contributed by atoms with Crippen molar-refractivity contribution in [3.63, 3.8) is 0 Å². The van der Waals surface area contributed by atoms with Crippen LogP contribution in [-0.2, 0) is 11.2 Å². The van der Waals surface area contributed by atoms with Crippen molar-refractivity contribution in [1.82, 2.24) is 0 Å². The summed E-state index contributed by atoms with van der Waals surface area (Å²) < 4.78 is 5.35. The fraction of sp³-hybridized carbons (Fsp3) is 0.182. The van der Waals surface area contributed by atoms with E-state index in [9.17, 15) is 4.79 Å². The van der Waals surface area contributed by atoms with Crippen LogP contribution >= 0.6 is 23.2 Å². The van der Waals surface area contributed by atoms with Crippen molar-refractivity contribution < 1.29 is 9.53 Å². The first-order valence-corrected chi connectivity index (χ1v) is 5.10. The Labute approximate surface area is 98.4 Å². The number of aldehydes is 1. The van der Waals surface area contributed by atoms with Gasteiger partial charge in [0.2, 0.25) is 0 Å². The molecule has 0 aliphatic carbocycles. The maximum absolute atomic E-state index is 10.5. The highest BCUT2D eigenvalue weighted by Crippen LogP contribution is 2.33. The topological polar surface area (TPSA) is 26.3 Å². The summed E-state index contributed by atoms with van der Waals surface area (Å²) in [5.74, 6) is 0.566. The minimum absolute atomic E-state index is 0.186. The Bertz CT molecular complexity index is 375. The monoisotopic (exact) mass is 244 g/mol. The van der Waals surface area contributed by atoms with E-state index in [1.807, 2.05) is 0 Å². The first kappa shape index (κ1) is 12.1. The van der Waals surface area contributed by atoms with Crippen molar-refractivity contribution in [3.05, 3.63) is 40.4 Å². The molecular weight excluding hydrogens is 235 g/mol. The number of halogens is 2. The molecule has 1 rings (SSSR count). The third-order valence-electron chi connectivity index (χ3n) is 1.80. The van der Waals surface area contributed by atoms with Crippen LogP contribution in [0.1, 0.15) is 5.56 Å². The van der Waals surface area contributed by atoms with Crippen LogP contribution in [0.2, 0.25) is 10.0 Å². The molecule has 0 aliphatic heterocycles. The lowest BCUT2D eigenvalue weighted by atomic mass is 10.1. The smallest absolute Gasteiger partial charge is 0.125 e. The number of carbonyl (C=O) groups is 1. The Hall–Kier alpha value is -0.990. The first-order chi connectivity index (χ1) is 7.20. The van der Waals surface area contributed by atoms with Gasteiger partial charge >= 0.3 is 0 Å². The molecule has 0 aliphatic rings. The van der Waals surface area contributed by atoms with E-state index in [2.05, 4.69) is 6.58 Å². The molecule has 0 saturated carbocycles. The summed E-state index contributed by atoms with van der Waals surface area (Å²) in [6, 6.07) is 3.33. The zero-order valence-corrected chi connectivity index (χ0v) is 9.52. The number of carbonyl (C=O) groups excluding carboxylic acids is 1. The molecule has 0 spiro atoms. The zero-order chi connectivity index (χ0) is 11.3. The van der Waals surface area contributed by atoms with Crippen LogP contribution in [-0.4, -0.2) is 12.9 Å². The van der Waals surface area contributed by atoms with Gasteiger partial charge in [0.05, 0.1) is 10.0 Å². The average Bonchev–Trinajstić information content (AvgIpc) is 2.24. The second-order valence-electron chi connectivity index (χ2n) is 2.81. The maximum atomic E-state index is 10.5. The molecule has 0 atom stereocenters.